The normalized spacial score (nSPS) is 11.1. The molecule has 1 aromatic carbocycles. The Morgan fingerprint density at radius 1 is 1.03 bits per heavy atom. The molecule has 0 atom stereocenters. The van der Waals surface area contributed by atoms with Crippen molar-refractivity contribution in [2.75, 3.05) is 5.32 Å². The average molecular weight is 392 g/mol. The summed E-state index contributed by atoms with van der Waals surface area (Å²) in [4.78, 5) is 52.9. The lowest BCUT2D eigenvalue weighted by molar-refractivity contribution is -0.116. The number of nitrogens with zero attached hydrogens (tertiary/aromatic N) is 5. The third-order valence-electron chi connectivity index (χ3n) is 4.63. The molecule has 0 spiro atoms. The number of fused-ring (bicyclic) bond motifs is 2. The van der Waals surface area contributed by atoms with Crippen molar-refractivity contribution in [3.63, 3.8) is 0 Å². The van der Waals surface area contributed by atoms with Crippen LogP contribution in [0.5, 0.6) is 0 Å². The number of para-hydroxylation sites is 1. The minimum absolute atomic E-state index is 0.135. The van der Waals surface area contributed by atoms with Crippen LogP contribution in [0.25, 0.3) is 21.9 Å². The fourth-order valence-corrected chi connectivity index (χ4v) is 3.16. The molecule has 0 aliphatic rings. The fraction of sp³-hybridized carbons (Fsp3) is 0.158. The van der Waals surface area contributed by atoms with E-state index in [4.69, 9.17) is 0 Å². The molecule has 29 heavy (non-hydrogen) atoms. The molecule has 0 aliphatic carbocycles. The van der Waals surface area contributed by atoms with Gasteiger partial charge >= 0.3 is 5.69 Å². The summed E-state index contributed by atoms with van der Waals surface area (Å²) in [6.45, 7) is -0.135. The zero-order valence-corrected chi connectivity index (χ0v) is 15.6. The van der Waals surface area contributed by atoms with Crippen LogP contribution < -0.4 is 22.0 Å². The highest BCUT2D eigenvalue weighted by atomic mass is 16.2. The Morgan fingerprint density at radius 3 is 2.59 bits per heavy atom. The molecular formula is C19H16N6O4. The Balaban J connectivity index is 1.67. The molecule has 0 fully saturated rings. The molecule has 0 aliphatic heterocycles. The van der Waals surface area contributed by atoms with Crippen LogP contribution in [0.3, 0.4) is 0 Å². The number of hydrogen-bond acceptors (Lipinski definition) is 6. The quantitative estimate of drug-likeness (QED) is 0.523. The number of benzene rings is 1. The maximum atomic E-state index is 12.5. The van der Waals surface area contributed by atoms with Crippen molar-refractivity contribution in [1.29, 1.82) is 0 Å². The van der Waals surface area contributed by atoms with E-state index in [0.29, 0.717) is 16.6 Å². The van der Waals surface area contributed by atoms with Crippen molar-refractivity contribution in [3.8, 4) is 0 Å². The molecule has 4 aromatic rings. The lowest BCUT2D eigenvalue weighted by atomic mass is 10.2. The van der Waals surface area contributed by atoms with E-state index in [1.54, 1.807) is 24.3 Å². The van der Waals surface area contributed by atoms with Gasteiger partial charge in [0.15, 0.2) is 0 Å². The second-order valence-electron chi connectivity index (χ2n) is 6.53. The molecule has 1 amide bonds. The molecule has 146 valence electrons. The van der Waals surface area contributed by atoms with Gasteiger partial charge in [-0.2, -0.15) is 5.10 Å². The standard InChI is InChI=1S/C19H16N6O4/c1-23-17-13(18(28)24(2)19(23)29)7-11(8-20-17)22-16(27)10-25-14-6-4-3-5-12(14)15(26)9-21-25/h3-9H,10H2,1-2H3,(H,22,27). The Hall–Kier alpha value is -4.08. The van der Waals surface area contributed by atoms with Crippen molar-refractivity contribution in [3.05, 3.63) is 73.8 Å². The van der Waals surface area contributed by atoms with E-state index in [2.05, 4.69) is 15.4 Å². The van der Waals surface area contributed by atoms with Crippen LogP contribution in [0.15, 0.2) is 57.1 Å². The molecule has 0 saturated carbocycles. The van der Waals surface area contributed by atoms with Gasteiger partial charge in [0.25, 0.3) is 5.56 Å². The van der Waals surface area contributed by atoms with Gasteiger partial charge in [-0.15, -0.1) is 0 Å². The topological polar surface area (TPSA) is 121 Å². The first kappa shape index (κ1) is 18.3. The second-order valence-corrected chi connectivity index (χ2v) is 6.53. The van der Waals surface area contributed by atoms with Gasteiger partial charge in [0.05, 0.1) is 29.0 Å². The maximum Gasteiger partial charge on any atom is 0.332 e. The van der Waals surface area contributed by atoms with Crippen LogP contribution in [0.2, 0.25) is 0 Å². The Labute approximate surface area is 162 Å². The molecule has 4 rings (SSSR count). The number of pyridine rings is 1. The molecule has 3 aromatic heterocycles. The molecule has 10 heteroatoms. The summed E-state index contributed by atoms with van der Waals surface area (Å²) in [6.07, 6.45) is 2.54. The summed E-state index contributed by atoms with van der Waals surface area (Å²) in [5.74, 6) is -0.408. The monoisotopic (exact) mass is 392 g/mol. The number of anilines is 1. The largest absolute Gasteiger partial charge is 0.332 e. The molecule has 0 bridgehead atoms. The molecule has 0 saturated heterocycles. The Kier molecular flexibility index (Phi) is 4.30. The van der Waals surface area contributed by atoms with Crippen molar-refractivity contribution < 1.29 is 4.79 Å². The molecule has 0 radical (unpaired) electrons. The summed E-state index contributed by atoms with van der Waals surface area (Å²) in [7, 11) is 2.89. The molecular weight excluding hydrogens is 376 g/mol. The summed E-state index contributed by atoms with van der Waals surface area (Å²) >= 11 is 0. The maximum absolute atomic E-state index is 12.5. The lowest BCUT2D eigenvalue weighted by Gasteiger charge is -2.11. The Morgan fingerprint density at radius 2 is 1.79 bits per heavy atom. The molecule has 1 N–H and O–H groups in total. The molecule has 10 nitrogen and oxygen atoms in total. The predicted molar refractivity (Wildman–Crippen MR) is 107 cm³/mol. The summed E-state index contributed by atoms with van der Waals surface area (Å²) in [5, 5.41) is 7.36. The highest BCUT2D eigenvalue weighted by Gasteiger charge is 2.12. The first-order chi connectivity index (χ1) is 13.9. The molecule has 0 unspecified atom stereocenters. The highest BCUT2D eigenvalue weighted by molar-refractivity contribution is 5.93. The van der Waals surface area contributed by atoms with Gasteiger partial charge in [-0.3, -0.25) is 28.2 Å². The van der Waals surface area contributed by atoms with Gasteiger partial charge in [0.2, 0.25) is 11.3 Å². The number of aryl methyl sites for hydroxylation is 1. The zero-order chi connectivity index (χ0) is 20.7. The number of amides is 1. The smallest absolute Gasteiger partial charge is 0.323 e. The van der Waals surface area contributed by atoms with E-state index in [0.717, 1.165) is 10.8 Å². The van der Waals surface area contributed by atoms with Crippen LogP contribution in [0, 0.1) is 0 Å². The van der Waals surface area contributed by atoms with E-state index < -0.39 is 17.2 Å². The Bertz CT molecular complexity index is 1460. The van der Waals surface area contributed by atoms with Crippen molar-refractivity contribution in [2.45, 2.75) is 6.54 Å². The number of rotatable bonds is 3. The summed E-state index contributed by atoms with van der Waals surface area (Å²) in [6, 6.07) is 8.34. The van der Waals surface area contributed by atoms with Crippen molar-refractivity contribution >= 4 is 33.5 Å². The third kappa shape index (κ3) is 3.10. The van der Waals surface area contributed by atoms with Crippen LogP contribution in [0.4, 0.5) is 5.69 Å². The number of hydrogen-bond donors (Lipinski definition) is 1. The average Bonchev–Trinajstić information content (AvgIpc) is 2.73. The van der Waals surface area contributed by atoms with E-state index in [1.165, 1.54) is 35.6 Å². The third-order valence-corrected chi connectivity index (χ3v) is 4.63. The lowest BCUT2D eigenvalue weighted by Crippen LogP contribution is -2.37. The number of carbonyl (C=O) groups is 1. The minimum Gasteiger partial charge on any atom is -0.323 e. The van der Waals surface area contributed by atoms with E-state index in [9.17, 15) is 19.2 Å². The predicted octanol–water partition coefficient (Wildman–Crippen LogP) is -0.0192. The van der Waals surface area contributed by atoms with Gasteiger partial charge in [-0.1, -0.05) is 12.1 Å². The van der Waals surface area contributed by atoms with Crippen LogP contribution >= 0.6 is 0 Å². The van der Waals surface area contributed by atoms with Crippen LogP contribution in [-0.2, 0) is 25.4 Å². The van der Waals surface area contributed by atoms with E-state index in [-0.39, 0.29) is 23.0 Å². The molecule has 3 heterocycles. The number of nitrogens with one attached hydrogen (secondary N) is 1. The highest BCUT2D eigenvalue weighted by Crippen LogP contribution is 2.13. The van der Waals surface area contributed by atoms with Crippen molar-refractivity contribution in [2.24, 2.45) is 14.1 Å². The van der Waals surface area contributed by atoms with Gasteiger partial charge in [-0.25, -0.2) is 9.78 Å². The van der Waals surface area contributed by atoms with E-state index >= 15 is 0 Å². The van der Waals surface area contributed by atoms with Gasteiger partial charge in [0, 0.05) is 19.5 Å². The van der Waals surface area contributed by atoms with Crippen LogP contribution in [0.1, 0.15) is 0 Å². The SMILES string of the molecule is Cn1c(=O)c2cc(NC(=O)Cn3ncc(=O)c4ccccc43)cnc2n(C)c1=O. The van der Waals surface area contributed by atoms with Gasteiger partial charge in [0.1, 0.15) is 12.2 Å². The second kappa shape index (κ2) is 6.82. The van der Waals surface area contributed by atoms with Gasteiger partial charge < -0.3 is 5.32 Å². The minimum atomic E-state index is -0.500. The first-order valence-electron chi connectivity index (χ1n) is 8.67. The number of carbonyl (C=O) groups excluding carboxylic acids is 1. The van der Waals surface area contributed by atoms with Gasteiger partial charge in [-0.05, 0) is 18.2 Å². The fourth-order valence-electron chi connectivity index (χ4n) is 3.16. The number of aromatic nitrogens is 5. The van der Waals surface area contributed by atoms with Crippen molar-refractivity contribution in [1.82, 2.24) is 23.9 Å². The van der Waals surface area contributed by atoms with Crippen LogP contribution in [-0.4, -0.2) is 29.8 Å². The zero-order valence-electron chi connectivity index (χ0n) is 15.6. The first-order valence-corrected chi connectivity index (χ1v) is 8.67. The summed E-state index contributed by atoms with van der Waals surface area (Å²) in [5.41, 5.74) is -0.136. The van der Waals surface area contributed by atoms with E-state index in [1.807, 2.05) is 0 Å². The summed E-state index contributed by atoms with van der Waals surface area (Å²) < 4.78 is 3.66.